The van der Waals surface area contributed by atoms with Gasteiger partial charge in [-0.15, -0.1) is 0 Å². The molecule has 0 aliphatic heterocycles. The number of anilines is 1. The quantitative estimate of drug-likeness (QED) is 0.659. The number of hydrogen-bond donors (Lipinski definition) is 2. The molecule has 0 heterocycles. The molecular formula is C14H20N2O3. The summed E-state index contributed by atoms with van der Waals surface area (Å²) in [6.07, 6.45) is -0.617. The molecule has 104 valence electrons. The summed E-state index contributed by atoms with van der Waals surface area (Å²) in [6.45, 7) is 4.18. The van der Waals surface area contributed by atoms with Crippen LogP contribution in [0.5, 0.6) is 0 Å². The van der Waals surface area contributed by atoms with Gasteiger partial charge in [0.1, 0.15) is 6.07 Å². The SMILES string of the molecule is CCOCCOCC(O)CNc1ccccc1C#N. The molecule has 0 amide bonds. The summed E-state index contributed by atoms with van der Waals surface area (Å²) in [4.78, 5) is 0. The van der Waals surface area contributed by atoms with Crippen molar-refractivity contribution in [1.82, 2.24) is 0 Å². The van der Waals surface area contributed by atoms with Gasteiger partial charge in [-0.2, -0.15) is 5.26 Å². The third-order valence-electron chi connectivity index (χ3n) is 2.46. The van der Waals surface area contributed by atoms with E-state index in [1.165, 1.54) is 0 Å². The molecule has 1 aromatic carbocycles. The summed E-state index contributed by atoms with van der Waals surface area (Å²) in [5, 5.41) is 21.7. The van der Waals surface area contributed by atoms with Gasteiger partial charge in [0.15, 0.2) is 0 Å². The number of rotatable bonds is 9. The molecule has 0 saturated carbocycles. The highest BCUT2D eigenvalue weighted by atomic mass is 16.5. The van der Waals surface area contributed by atoms with Crippen LogP contribution < -0.4 is 5.32 Å². The van der Waals surface area contributed by atoms with Gasteiger partial charge >= 0.3 is 0 Å². The monoisotopic (exact) mass is 264 g/mol. The summed E-state index contributed by atoms with van der Waals surface area (Å²) in [5.74, 6) is 0. The minimum absolute atomic E-state index is 0.245. The minimum atomic E-state index is -0.617. The van der Waals surface area contributed by atoms with Gasteiger partial charge in [-0.05, 0) is 19.1 Å². The van der Waals surface area contributed by atoms with E-state index < -0.39 is 6.10 Å². The Bertz CT molecular complexity index is 404. The maximum Gasteiger partial charge on any atom is 0.101 e. The van der Waals surface area contributed by atoms with Crippen LogP contribution in [0.25, 0.3) is 0 Å². The Kier molecular flexibility index (Phi) is 7.59. The maximum atomic E-state index is 9.72. The van der Waals surface area contributed by atoms with Crippen LogP contribution in [0.3, 0.4) is 0 Å². The highest BCUT2D eigenvalue weighted by Crippen LogP contribution is 2.13. The first-order valence-corrected chi connectivity index (χ1v) is 6.34. The number of nitrogens with one attached hydrogen (secondary N) is 1. The summed E-state index contributed by atoms with van der Waals surface area (Å²) in [7, 11) is 0. The van der Waals surface area contributed by atoms with Gasteiger partial charge in [0.05, 0.1) is 37.2 Å². The van der Waals surface area contributed by atoms with E-state index in [-0.39, 0.29) is 6.61 Å². The number of hydrogen-bond acceptors (Lipinski definition) is 5. The Balaban J connectivity index is 2.23. The van der Waals surface area contributed by atoms with Crippen LogP contribution in [-0.2, 0) is 9.47 Å². The van der Waals surface area contributed by atoms with E-state index in [2.05, 4.69) is 11.4 Å². The number of para-hydroxylation sites is 1. The van der Waals surface area contributed by atoms with Crippen molar-refractivity contribution in [2.75, 3.05) is 38.3 Å². The van der Waals surface area contributed by atoms with Crippen LogP contribution >= 0.6 is 0 Å². The zero-order chi connectivity index (χ0) is 13.9. The summed E-state index contributed by atoms with van der Waals surface area (Å²) < 4.78 is 10.4. The number of aliphatic hydroxyl groups excluding tert-OH is 1. The second kappa shape index (κ2) is 9.34. The van der Waals surface area contributed by atoms with Crippen LogP contribution in [0.2, 0.25) is 0 Å². The molecule has 2 N–H and O–H groups in total. The van der Waals surface area contributed by atoms with Gasteiger partial charge < -0.3 is 19.9 Å². The van der Waals surface area contributed by atoms with Gasteiger partial charge in [0, 0.05) is 13.2 Å². The van der Waals surface area contributed by atoms with Crippen molar-refractivity contribution in [3.63, 3.8) is 0 Å². The van der Waals surface area contributed by atoms with Crippen molar-refractivity contribution in [2.24, 2.45) is 0 Å². The number of nitriles is 1. The third kappa shape index (κ3) is 6.20. The fourth-order valence-corrected chi connectivity index (χ4v) is 1.50. The molecule has 1 aromatic rings. The van der Waals surface area contributed by atoms with Crippen molar-refractivity contribution < 1.29 is 14.6 Å². The average Bonchev–Trinajstić information content (AvgIpc) is 2.45. The maximum absolute atomic E-state index is 9.72. The molecule has 0 radical (unpaired) electrons. The van der Waals surface area contributed by atoms with Gasteiger partial charge in [-0.3, -0.25) is 0 Å². The van der Waals surface area contributed by atoms with E-state index in [9.17, 15) is 5.11 Å². The summed E-state index contributed by atoms with van der Waals surface area (Å²) in [5.41, 5.74) is 1.28. The fourth-order valence-electron chi connectivity index (χ4n) is 1.50. The predicted octanol–water partition coefficient (Wildman–Crippen LogP) is 1.38. The van der Waals surface area contributed by atoms with Crippen molar-refractivity contribution in [2.45, 2.75) is 13.0 Å². The Labute approximate surface area is 113 Å². The lowest BCUT2D eigenvalue weighted by Crippen LogP contribution is -2.25. The molecule has 0 aromatic heterocycles. The normalized spacial score (nSPS) is 11.8. The van der Waals surface area contributed by atoms with Crippen molar-refractivity contribution >= 4 is 5.69 Å². The van der Waals surface area contributed by atoms with Crippen LogP contribution in [0.4, 0.5) is 5.69 Å². The fraction of sp³-hybridized carbons (Fsp3) is 0.500. The van der Waals surface area contributed by atoms with Crippen molar-refractivity contribution in [3.05, 3.63) is 29.8 Å². The average molecular weight is 264 g/mol. The van der Waals surface area contributed by atoms with Crippen molar-refractivity contribution in [1.29, 1.82) is 5.26 Å². The minimum Gasteiger partial charge on any atom is -0.389 e. The van der Waals surface area contributed by atoms with E-state index in [0.717, 1.165) is 5.69 Å². The summed E-state index contributed by atoms with van der Waals surface area (Å²) in [6, 6.07) is 9.27. The van der Waals surface area contributed by atoms with E-state index >= 15 is 0 Å². The number of nitrogens with zero attached hydrogens (tertiary/aromatic N) is 1. The molecule has 1 atom stereocenters. The first kappa shape index (κ1) is 15.4. The zero-order valence-corrected chi connectivity index (χ0v) is 11.1. The standard InChI is InChI=1S/C14H20N2O3/c1-2-18-7-8-19-11-13(17)10-16-14-6-4-3-5-12(14)9-15/h3-6,13,16-17H,2,7-8,10-11H2,1H3. The molecular weight excluding hydrogens is 244 g/mol. The number of aliphatic hydroxyl groups is 1. The molecule has 0 spiro atoms. The van der Waals surface area contributed by atoms with Gasteiger partial charge in [0.2, 0.25) is 0 Å². The van der Waals surface area contributed by atoms with Gasteiger partial charge in [-0.1, -0.05) is 12.1 Å². The molecule has 0 saturated heterocycles. The second-order valence-corrected chi connectivity index (χ2v) is 3.96. The Morgan fingerprint density at radius 1 is 1.32 bits per heavy atom. The summed E-state index contributed by atoms with van der Waals surface area (Å²) >= 11 is 0. The van der Waals surface area contributed by atoms with Gasteiger partial charge in [0.25, 0.3) is 0 Å². The van der Waals surface area contributed by atoms with Crippen LogP contribution in [0.15, 0.2) is 24.3 Å². The van der Waals surface area contributed by atoms with E-state index in [1.54, 1.807) is 18.2 Å². The molecule has 5 heteroatoms. The predicted molar refractivity (Wildman–Crippen MR) is 73.0 cm³/mol. The molecule has 0 fully saturated rings. The first-order chi connectivity index (χ1) is 9.27. The van der Waals surface area contributed by atoms with Gasteiger partial charge in [-0.25, -0.2) is 0 Å². The van der Waals surface area contributed by atoms with Crippen LogP contribution in [0.1, 0.15) is 12.5 Å². The first-order valence-electron chi connectivity index (χ1n) is 6.34. The molecule has 5 nitrogen and oxygen atoms in total. The van der Waals surface area contributed by atoms with E-state index in [0.29, 0.717) is 31.9 Å². The molecule has 1 unspecified atom stereocenters. The lowest BCUT2D eigenvalue weighted by atomic mass is 10.2. The van der Waals surface area contributed by atoms with Crippen LogP contribution in [-0.4, -0.2) is 44.2 Å². The highest BCUT2D eigenvalue weighted by Gasteiger charge is 2.06. The Morgan fingerprint density at radius 2 is 2.05 bits per heavy atom. The second-order valence-electron chi connectivity index (χ2n) is 3.96. The zero-order valence-electron chi connectivity index (χ0n) is 11.1. The van der Waals surface area contributed by atoms with Crippen molar-refractivity contribution in [3.8, 4) is 6.07 Å². The largest absolute Gasteiger partial charge is 0.389 e. The topological polar surface area (TPSA) is 74.5 Å². The molecule has 0 bridgehead atoms. The third-order valence-corrected chi connectivity index (χ3v) is 2.46. The highest BCUT2D eigenvalue weighted by molar-refractivity contribution is 5.57. The number of ether oxygens (including phenoxy) is 2. The van der Waals surface area contributed by atoms with E-state index in [4.69, 9.17) is 14.7 Å². The van der Waals surface area contributed by atoms with Crippen LogP contribution in [0, 0.1) is 11.3 Å². The number of benzene rings is 1. The molecule has 19 heavy (non-hydrogen) atoms. The smallest absolute Gasteiger partial charge is 0.101 e. The molecule has 0 aliphatic rings. The molecule has 0 aliphatic carbocycles. The lowest BCUT2D eigenvalue weighted by Gasteiger charge is -2.14. The molecule has 1 rings (SSSR count). The Hall–Kier alpha value is -1.61. The van der Waals surface area contributed by atoms with E-state index in [1.807, 2.05) is 13.0 Å². The lowest BCUT2D eigenvalue weighted by molar-refractivity contribution is 0.0103. The Morgan fingerprint density at radius 3 is 2.79 bits per heavy atom.